The average Bonchev–Trinajstić information content (AvgIpc) is 3.16. The second-order valence-corrected chi connectivity index (χ2v) is 8.13. The van der Waals surface area contributed by atoms with Crippen molar-refractivity contribution in [2.24, 2.45) is 0 Å². The lowest BCUT2D eigenvalue weighted by molar-refractivity contribution is -0.171. The van der Waals surface area contributed by atoms with E-state index in [2.05, 4.69) is 4.98 Å². The first-order chi connectivity index (χ1) is 12.5. The Labute approximate surface area is 158 Å². The summed E-state index contributed by atoms with van der Waals surface area (Å²) in [6, 6.07) is 7.31. The third-order valence-corrected chi connectivity index (χ3v) is 6.46. The largest absolute Gasteiger partial charge is 0.357 e. The lowest BCUT2D eigenvalue weighted by Gasteiger charge is -2.44. The molecular formula is C17H14N4O3S2. The summed E-state index contributed by atoms with van der Waals surface area (Å²) in [5, 5.41) is 3.50. The molecule has 1 atom stereocenters. The summed E-state index contributed by atoms with van der Waals surface area (Å²) in [6.45, 7) is 0.220. The fourth-order valence-electron chi connectivity index (χ4n) is 3.91. The van der Waals surface area contributed by atoms with Crippen molar-refractivity contribution in [2.75, 3.05) is 12.3 Å². The van der Waals surface area contributed by atoms with Crippen LogP contribution in [0.15, 0.2) is 24.3 Å². The van der Waals surface area contributed by atoms with E-state index in [-0.39, 0.29) is 30.0 Å². The SMILES string of the molecule is O=C1CN(N2C(=O)CSC2=S)C(=O)[C@@H]2Cc3c([nH]c4ccccc34)CN12. The van der Waals surface area contributed by atoms with Crippen molar-refractivity contribution in [3.8, 4) is 0 Å². The molecule has 0 unspecified atom stereocenters. The minimum Gasteiger partial charge on any atom is -0.357 e. The molecule has 2 saturated heterocycles. The fraction of sp³-hybridized carbons (Fsp3) is 0.294. The monoisotopic (exact) mass is 386 g/mol. The van der Waals surface area contributed by atoms with Crippen molar-refractivity contribution in [1.82, 2.24) is 19.9 Å². The second-order valence-electron chi connectivity index (χ2n) is 6.53. The van der Waals surface area contributed by atoms with Gasteiger partial charge in [0.2, 0.25) is 5.91 Å². The van der Waals surface area contributed by atoms with Gasteiger partial charge in [-0.1, -0.05) is 42.2 Å². The number of thiocarbonyl (C=S) groups is 1. The molecule has 1 aromatic carbocycles. The Morgan fingerprint density at radius 3 is 2.69 bits per heavy atom. The van der Waals surface area contributed by atoms with Crippen LogP contribution in [0, 0.1) is 0 Å². The predicted molar refractivity (Wildman–Crippen MR) is 100.0 cm³/mol. The number of nitrogens with zero attached hydrogens (tertiary/aromatic N) is 3. The first kappa shape index (κ1) is 15.8. The van der Waals surface area contributed by atoms with Gasteiger partial charge >= 0.3 is 0 Å². The lowest BCUT2D eigenvalue weighted by Crippen LogP contribution is -2.66. The van der Waals surface area contributed by atoms with E-state index in [1.807, 2.05) is 24.3 Å². The number of para-hydroxylation sites is 1. The van der Waals surface area contributed by atoms with Crippen molar-refractivity contribution in [3.05, 3.63) is 35.5 Å². The Hall–Kier alpha value is -2.39. The smallest absolute Gasteiger partial charge is 0.265 e. The van der Waals surface area contributed by atoms with Crippen LogP contribution in [0.4, 0.5) is 0 Å². The van der Waals surface area contributed by atoms with Crippen molar-refractivity contribution < 1.29 is 14.4 Å². The van der Waals surface area contributed by atoms with Gasteiger partial charge in [-0.15, -0.1) is 0 Å². The number of rotatable bonds is 1. The minimum atomic E-state index is -0.607. The molecule has 1 aromatic heterocycles. The highest BCUT2D eigenvalue weighted by molar-refractivity contribution is 8.23. The molecule has 5 rings (SSSR count). The van der Waals surface area contributed by atoms with Crippen molar-refractivity contribution in [2.45, 2.75) is 19.0 Å². The third kappa shape index (κ3) is 2.13. The molecule has 0 aliphatic carbocycles. The van der Waals surface area contributed by atoms with Crippen LogP contribution in [0.1, 0.15) is 11.3 Å². The quantitative estimate of drug-likeness (QED) is 0.741. The third-order valence-electron chi connectivity index (χ3n) is 5.12. The standard InChI is InChI=1S/C17H14N4O3S2/c22-14-7-20(21-15(23)8-26-17(21)25)16(24)13-5-10-9-3-1-2-4-11(9)18-12(10)6-19(13)14/h1-4,13,18H,5-8H2/t13-/m0/s1. The number of fused-ring (bicyclic) bond motifs is 4. The van der Waals surface area contributed by atoms with Gasteiger partial charge in [0, 0.05) is 23.0 Å². The normalized spacial score (nSPS) is 23.1. The molecule has 3 amide bonds. The molecule has 1 N–H and O–H groups in total. The van der Waals surface area contributed by atoms with Crippen LogP contribution in [0.5, 0.6) is 0 Å². The molecule has 3 aliphatic rings. The summed E-state index contributed by atoms with van der Waals surface area (Å²) in [6.07, 6.45) is 0.433. The molecule has 0 spiro atoms. The van der Waals surface area contributed by atoms with E-state index < -0.39 is 6.04 Å². The Kier molecular flexibility index (Phi) is 3.38. The van der Waals surface area contributed by atoms with Crippen molar-refractivity contribution in [1.29, 1.82) is 0 Å². The zero-order valence-corrected chi connectivity index (χ0v) is 15.2. The van der Waals surface area contributed by atoms with E-state index >= 15 is 0 Å². The maximum Gasteiger partial charge on any atom is 0.265 e. The number of aromatic amines is 1. The van der Waals surface area contributed by atoms with Gasteiger partial charge in [0.25, 0.3) is 11.8 Å². The van der Waals surface area contributed by atoms with E-state index in [0.29, 0.717) is 17.3 Å². The molecule has 132 valence electrons. The van der Waals surface area contributed by atoms with Gasteiger partial charge in [0.05, 0.1) is 12.3 Å². The van der Waals surface area contributed by atoms with Gasteiger partial charge in [0.1, 0.15) is 12.6 Å². The number of hydrogen-bond acceptors (Lipinski definition) is 5. The minimum absolute atomic E-state index is 0.155. The van der Waals surface area contributed by atoms with Crippen LogP contribution < -0.4 is 0 Å². The number of hydrazine groups is 1. The molecule has 3 aliphatic heterocycles. The van der Waals surface area contributed by atoms with Gasteiger partial charge < -0.3 is 9.88 Å². The Balaban J connectivity index is 1.54. The zero-order valence-electron chi connectivity index (χ0n) is 13.6. The molecule has 0 radical (unpaired) electrons. The summed E-state index contributed by atoms with van der Waals surface area (Å²) < 4.78 is 0.327. The topological polar surface area (TPSA) is 76.7 Å². The molecular weight excluding hydrogens is 372 g/mol. The Morgan fingerprint density at radius 1 is 1.12 bits per heavy atom. The first-order valence-electron chi connectivity index (χ1n) is 8.23. The number of benzene rings is 1. The molecule has 26 heavy (non-hydrogen) atoms. The maximum absolute atomic E-state index is 13.1. The number of aromatic nitrogens is 1. The Bertz CT molecular complexity index is 985. The average molecular weight is 386 g/mol. The van der Waals surface area contributed by atoms with E-state index in [0.717, 1.165) is 22.2 Å². The number of amides is 3. The van der Waals surface area contributed by atoms with Crippen LogP contribution in [-0.2, 0) is 27.3 Å². The number of carbonyl (C=O) groups excluding carboxylic acids is 3. The molecule has 4 heterocycles. The van der Waals surface area contributed by atoms with Gasteiger partial charge in [-0.05, 0) is 11.6 Å². The van der Waals surface area contributed by atoms with Crippen LogP contribution in [0.3, 0.4) is 0 Å². The number of carbonyl (C=O) groups is 3. The number of hydrogen-bond donors (Lipinski definition) is 1. The summed E-state index contributed by atoms with van der Waals surface area (Å²) in [5.74, 6) is -0.471. The summed E-state index contributed by atoms with van der Waals surface area (Å²) in [4.78, 5) is 42.9. The number of H-pyrrole nitrogens is 1. The molecule has 7 nitrogen and oxygen atoms in total. The number of nitrogens with one attached hydrogen (secondary N) is 1. The van der Waals surface area contributed by atoms with Crippen LogP contribution in [0.2, 0.25) is 0 Å². The van der Waals surface area contributed by atoms with E-state index in [9.17, 15) is 14.4 Å². The van der Waals surface area contributed by atoms with Gasteiger partial charge in [-0.2, -0.15) is 5.01 Å². The maximum atomic E-state index is 13.1. The van der Waals surface area contributed by atoms with E-state index in [1.54, 1.807) is 4.90 Å². The molecule has 2 fully saturated rings. The van der Waals surface area contributed by atoms with E-state index in [4.69, 9.17) is 12.2 Å². The number of piperazine rings is 1. The highest BCUT2D eigenvalue weighted by Crippen LogP contribution is 2.33. The zero-order chi connectivity index (χ0) is 18.0. The molecule has 2 aromatic rings. The van der Waals surface area contributed by atoms with Crippen molar-refractivity contribution in [3.63, 3.8) is 0 Å². The number of thioether (sulfide) groups is 1. The first-order valence-corrected chi connectivity index (χ1v) is 9.63. The summed E-state index contributed by atoms with van der Waals surface area (Å²) >= 11 is 6.41. The van der Waals surface area contributed by atoms with Gasteiger partial charge in [-0.25, -0.2) is 5.01 Å². The van der Waals surface area contributed by atoms with E-state index in [1.165, 1.54) is 21.8 Å². The van der Waals surface area contributed by atoms with Gasteiger partial charge in [0.15, 0.2) is 4.32 Å². The van der Waals surface area contributed by atoms with Crippen molar-refractivity contribution >= 4 is 56.9 Å². The molecule has 0 saturated carbocycles. The predicted octanol–water partition coefficient (Wildman–Crippen LogP) is 1.04. The highest BCUT2D eigenvalue weighted by Gasteiger charge is 2.47. The van der Waals surface area contributed by atoms with Crippen LogP contribution >= 0.6 is 24.0 Å². The summed E-state index contributed by atoms with van der Waals surface area (Å²) in [5.41, 5.74) is 3.04. The molecule has 0 bridgehead atoms. The highest BCUT2D eigenvalue weighted by atomic mass is 32.2. The molecule has 9 heteroatoms. The van der Waals surface area contributed by atoms with Crippen LogP contribution in [0.25, 0.3) is 10.9 Å². The second kappa shape index (κ2) is 5.55. The van der Waals surface area contributed by atoms with Gasteiger partial charge in [-0.3, -0.25) is 14.4 Å². The summed E-state index contributed by atoms with van der Waals surface area (Å²) in [7, 11) is 0. The van der Waals surface area contributed by atoms with Crippen LogP contribution in [-0.4, -0.2) is 60.3 Å². The lowest BCUT2D eigenvalue weighted by atomic mass is 9.94. The fourth-order valence-corrected chi connectivity index (χ4v) is 4.98. The Morgan fingerprint density at radius 2 is 1.92 bits per heavy atom.